The molecule has 2 aromatic rings. The number of rotatable bonds is 5. The number of carboxylic acids is 1. The molecular weight excluding hydrogens is 318 g/mol. The smallest absolute Gasteiger partial charge is 0.325 e. The standard InChI is InChI=1S/C12H11NO6S2/c1-7(14)19-6-10(11(15)16)21(17,18)12-13-8-4-2-3-5-9(8)20-12/h2-5,10H,6H2,1H3,(H,15,16). The topological polar surface area (TPSA) is 111 Å². The van der Waals surface area contributed by atoms with E-state index in [9.17, 15) is 18.0 Å². The number of thiazole rings is 1. The van der Waals surface area contributed by atoms with E-state index in [1.165, 1.54) is 0 Å². The molecule has 112 valence electrons. The number of esters is 1. The van der Waals surface area contributed by atoms with Gasteiger partial charge in [0.05, 0.1) is 10.2 Å². The third-order valence-electron chi connectivity index (χ3n) is 2.61. The SMILES string of the molecule is CC(=O)OCC(C(=O)O)S(=O)(=O)c1nc2ccccc2s1. The molecule has 1 N–H and O–H groups in total. The lowest BCUT2D eigenvalue weighted by Crippen LogP contribution is -2.35. The van der Waals surface area contributed by atoms with Crippen LogP contribution in [-0.4, -0.2) is 42.3 Å². The summed E-state index contributed by atoms with van der Waals surface area (Å²) in [6, 6.07) is 6.75. The fourth-order valence-corrected chi connectivity index (χ4v) is 4.34. The first-order valence-electron chi connectivity index (χ1n) is 5.78. The van der Waals surface area contributed by atoms with Gasteiger partial charge in [-0.3, -0.25) is 9.59 Å². The average molecular weight is 329 g/mol. The molecule has 0 amide bonds. The summed E-state index contributed by atoms with van der Waals surface area (Å²) < 4.78 is 29.5. The quantitative estimate of drug-likeness (QED) is 0.817. The second-order valence-corrected chi connectivity index (χ2v) is 7.46. The molecule has 1 atom stereocenters. The number of fused-ring (bicyclic) bond motifs is 1. The molecule has 0 spiro atoms. The Labute approximate surface area is 124 Å². The molecule has 21 heavy (non-hydrogen) atoms. The molecule has 0 aliphatic rings. The minimum atomic E-state index is -4.23. The van der Waals surface area contributed by atoms with Gasteiger partial charge in [0.2, 0.25) is 14.2 Å². The third-order valence-corrected chi connectivity index (χ3v) is 6.05. The van der Waals surface area contributed by atoms with Gasteiger partial charge in [-0.2, -0.15) is 0 Å². The largest absolute Gasteiger partial charge is 0.480 e. The van der Waals surface area contributed by atoms with Gasteiger partial charge >= 0.3 is 11.9 Å². The predicted molar refractivity (Wildman–Crippen MR) is 74.9 cm³/mol. The number of hydrogen-bond acceptors (Lipinski definition) is 7. The molecule has 0 aliphatic carbocycles. The average Bonchev–Trinajstić information content (AvgIpc) is 2.82. The summed E-state index contributed by atoms with van der Waals surface area (Å²) in [5.41, 5.74) is 0.470. The molecule has 0 aliphatic heterocycles. The zero-order valence-corrected chi connectivity index (χ0v) is 12.5. The van der Waals surface area contributed by atoms with Gasteiger partial charge in [-0.15, -0.1) is 11.3 Å². The van der Waals surface area contributed by atoms with E-state index in [1.807, 2.05) is 0 Å². The molecule has 1 aromatic carbocycles. The number of carbonyl (C=O) groups is 2. The van der Waals surface area contributed by atoms with Crippen LogP contribution in [-0.2, 0) is 24.2 Å². The maximum Gasteiger partial charge on any atom is 0.325 e. The Kier molecular flexibility index (Phi) is 4.24. The Morgan fingerprint density at radius 2 is 2.05 bits per heavy atom. The Balaban J connectivity index is 2.41. The molecule has 7 nitrogen and oxygen atoms in total. The van der Waals surface area contributed by atoms with Crippen LogP contribution in [0.5, 0.6) is 0 Å². The molecule has 0 saturated carbocycles. The van der Waals surface area contributed by atoms with Crippen molar-refractivity contribution in [3.05, 3.63) is 24.3 Å². The van der Waals surface area contributed by atoms with Gasteiger partial charge in [0.15, 0.2) is 5.25 Å². The molecule has 1 unspecified atom stereocenters. The number of aromatic nitrogens is 1. The maximum atomic E-state index is 12.3. The van der Waals surface area contributed by atoms with E-state index >= 15 is 0 Å². The highest BCUT2D eigenvalue weighted by Crippen LogP contribution is 2.27. The highest BCUT2D eigenvalue weighted by atomic mass is 32.2. The Morgan fingerprint density at radius 1 is 1.38 bits per heavy atom. The van der Waals surface area contributed by atoms with Crippen LogP contribution in [0.4, 0.5) is 0 Å². The summed E-state index contributed by atoms with van der Waals surface area (Å²) >= 11 is 0.881. The lowest BCUT2D eigenvalue weighted by molar-refractivity contribution is -0.144. The van der Waals surface area contributed by atoms with Gasteiger partial charge in [0, 0.05) is 6.92 Å². The molecule has 2 rings (SSSR count). The summed E-state index contributed by atoms with van der Waals surface area (Å²) in [6.07, 6.45) is 0. The van der Waals surface area contributed by atoms with E-state index in [2.05, 4.69) is 9.72 Å². The van der Waals surface area contributed by atoms with Crippen LogP contribution in [0.2, 0.25) is 0 Å². The number of carboxylic acid groups (broad SMARTS) is 1. The molecule has 1 heterocycles. The van der Waals surface area contributed by atoms with Crippen molar-refractivity contribution >= 4 is 43.3 Å². The first-order valence-corrected chi connectivity index (χ1v) is 8.14. The second kappa shape index (κ2) is 5.78. The molecule has 0 radical (unpaired) electrons. The van der Waals surface area contributed by atoms with Crippen LogP contribution >= 0.6 is 11.3 Å². The van der Waals surface area contributed by atoms with E-state index in [0.717, 1.165) is 18.3 Å². The Morgan fingerprint density at radius 3 is 2.62 bits per heavy atom. The first-order chi connectivity index (χ1) is 9.82. The van der Waals surface area contributed by atoms with Crippen LogP contribution in [0.15, 0.2) is 28.6 Å². The highest BCUT2D eigenvalue weighted by Gasteiger charge is 2.37. The normalized spacial score (nSPS) is 13.0. The summed E-state index contributed by atoms with van der Waals surface area (Å²) in [5, 5.41) is 7.19. The van der Waals surface area contributed by atoms with E-state index in [4.69, 9.17) is 5.11 Å². The zero-order valence-electron chi connectivity index (χ0n) is 10.8. The summed E-state index contributed by atoms with van der Waals surface area (Å²) in [6.45, 7) is 0.326. The fourth-order valence-electron chi connectivity index (χ4n) is 1.58. The molecular formula is C12H11NO6S2. The summed E-state index contributed by atoms with van der Waals surface area (Å²) in [4.78, 5) is 25.8. The van der Waals surface area contributed by atoms with E-state index in [1.54, 1.807) is 24.3 Å². The van der Waals surface area contributed by atoms with Crippen molar-refractivity contribution < 1.29 is 27.9 Å². The van der Waals surface area contributed by atoms with Crippen molar-refractivity contribution in [1.29, 1.82) is 0 Å². The molecule has 0 fully saturated rings. The van der Waals surface area contributed by atoms with Gasteiger partial charge in [-0.05, 0) is 12.1 Å². The Bertz CT molecular complexity index is 762. The van der Waals surface area contributed by atoms with E-state index in [-0.39, 0.29) is 4.34 Å². The van der Waals surface area contributed by atoms with Gasteiger partial charge in [0.25, 0.3) is 0 Å². The molecule has 0 saturated heterocycles. The van der Waals surface area contributed by atoms with Crippen LogP contribution in [0.1, 0.15) is 6.92 Å². The third kappa shape index (κ3) is 3.19. The minimum Gasteiger partial charge on any atom is -0.480 e. The lowest BCUT2D eigenvalue weighted by Gasteiger charge is -2.11. The van der Waals surface area contributed by atoms with Crippen molar-refractivity contribution in [2.45, 2.75) is 16.5 Å². The van der Waals surface area contributed by atoms with Crippen LogP contribution in [0.25, 0.3) is 10.2 Å². The number of benzene rings is 1. The summed E-state index contributed by atoms with van der Waals surface area (Å²) in [7, 11) is -4.23. The van der Waals surface area contributed by atoms with Crippen molar-refractivity contribution in [2.75, 3.05) is 6.61 Å². The summed E-state index contributed by atoms with van der Waals surface area (Å²) in [5.74, 6) is -2.34. The number of para-hydroxylation sites is 1. The number of sulfone groups is 1. The van der Waals surface area contributed by atoms with Gasteiger partial charge in [0.1, 0.15) is 6.61 Å². The molecule has 9 heteroatoms. The maximum absolute atomic E-state index is 12.3. The van der Waals surface area contributed by atoms with Crippen LogP contribution in [0, 0.1) is 0 Å². The fraction of sp³-hybridized carbons (Fsp3) is 0.250. The number of aliphatic carboxylic acids is 1. The number of nitrogens with zero attached hydrogens (tertiary/aromatic N) is 1. The number of ether oxygens (including phenoxy) is 1. The molecule has 0 bridgehead atoms. The van der Waals surface area contributed by atoms with Crippen molar-refractivity contribution in [3.8, 4) is 0 Å². The Hall–Kier alpha value is -2.00. The van der Waals surface area contributed by atoms with Crippen LogP contribution in [0.3, 0.4) is 0 Å². The predicted octanol–water partition coefficient (Wildman–Crippen LogP) is 1.09. The number of carbonyl (C=O) groups excluding carboxylic acids is 1. The minimum absolute atomic E-state index is 0.303. The van der Waals surface area contributed by atoms with Crippen molar-refractivity contribution in [2.24, 2.45) is 0 Å². The lowest BCUT2D eigenvalue weighted by atomic mass is 10.3. The van der Waals surface area contributed by atoms with Crippen LogP contribution < -0.4 is 0 Å². The van der Waals surface area contributed by atoms with Crippen molar-refractivity contribution in [1.82, 2.24) is 4.98 Å². The second-order valence-electron chi connectivity index (χ2n) is 4.12. The van der Waals surface area contributed by atoms with Crippen molar-refractivity contribution in [3.63, 3.8) is 0 Å². The number of hydrogen-bond donors (Lipinski definition) is 1. The van der Waals surface area contributed by atoms with Gasteiger partial charge in [-0.1, -0.05) is 12.1 Å². The van der Waals surface area contributed by atoms with Gasteiger partial charge < -0.3 is 9.84 Å². The van der Waals surface area contributed by atoms with E-state index < -0.39 is 33.6 Å². The highest BCUT2D eigenvalue weighted by molar-refractivity contribution is 7.94. The van der Waals surface area contributed by atoms with Gasteiger partial charge in [-0.25, -0.2) is 13.4 Å². The monoisotopic (exact) mass is 329 g/mol. The first kappa shape index (κ1) is 15.4. The zero-order chi connectivity index (χ0) is 15.6. The van der Waals surface area contributed by atoms with E-state index in [0.29, 0.717) is 10.2 Å². The molecule has 1 aromatic heterocycles.